The fraction of sp³-hybridized carbons (Fsp3) is 0.769. The van der Waals surface area contributed by atoms with Gasteiger partial charge in [-0.15, -0.1) is 0 Å². The first-order chi connectivity index (χ1) is 8.56. The molecule has 0 N–H and O–H groups in total. The van der Waals surface area contributed by atoms with Gasteiger partial charge in [0.05, 0.1) is 0 Å². The average Bonchev–Trinajstić information content (AvgIpc) is 2.30. The molecule has 1 aliphatic heterocycles. The summed E-state index contributed by atoms with van der Waals surface area (Å²) < 4.78 is 0. The van der Waals surface area contributed by atoms with E-state index in [1.807, 2.05) is 0 Å². The van der Waals surface area contributed by atoms with Gasteiger partial charge in [0.25, 0.3) is 0 Å². The van der Waals surface area contributed by atoms with Crippen molar-refractivity contribution >= 4 is 46.2 Å². The van der Waals surface area contributed by atoms with Crippen molar-refractivity contribution in [3.63, 3.8) is 0 Å². The van der Waals surface area contributed by atoms with Crippen LogP contribution in [0, 0.1) is 5.92 Å². The SMILES string of the molecule is CC(C)CC(C)N1CC=CCC1CC=O.[I][V][I]. The Kier molecular flexibility index (Phi) is 13.1. The molecule has 0 saturated carbocycles. The summed E-state index contributed by atoms with van der Waals surface area (Å²) in [5.41, 5.74) is 0. The molecule has 0 amide bonds. The standard InChI is InChI=1S/C13H23NO.2HI.V/c1-11(2)10-12(3)14-8-5-4-6-13(14)7-9-15;;;/h4-5,9,11-13H,6-8,10H2,1-3H3;2*1H;/q;;;+2/p-2. The Hall–Kier alpha value is 1.41. The maximum atomic E-state index is 10.6. The minimum atomic E-state index is 0.432. The Morgan fingerprint density at radius 3 is 2.50 bits per heavy atom. The molecule has 18 heavy (non-hydrogen) atoms. The van der Waals surface area contributed by atoms with E-state index in [0.717, 1.165) is 25.2 Å². The van der Waals surface area contributed by atoms with Crippen LogP contribution in [0.4, 0.5) is 0 Å². The van der Waals surface area contributed by atoms with Crippen LogP contribution in [-0.2, 0) is 14.3 Å². The van der Waals surface area contributed by atoms with Gasteiger partial charge in [0.1, 0.15) is 6.29 Å². The molecule has 5 heteroatoms. The summed E-state index contributed by atoms with van der Waals surface area (Å²) in [6.07, 6.45) is 8.39. The molecule has 0 radical (unpaired) electrons. The number of aldehydes is 1. The monoisotopic (exact) mass is 514 g/mol. The number of halogens is 2. The second kappa shape index (κ2) is 12.2. The van der Waals surface area contributed by atoms with Crippen LogP contribution in [0.3, 0.4) is 0 Å². The molecule has 0 aromatic rings. The first-order valence-corrected chi connectivity index (χ1v) is 15.3. The van der Waals surface area contributed by atoms with E-state index in [-0.39, 0.29) is 0 Å². The zero-order valence-corrected chi connectivity index (χ0v) is 17.1. The second-order valence-electron chi connectivity index (χ2n) is 5.00. The summed E-state index contributed by atoms with van der Waals surface area (Å²) in [6, 6.07) is 1.01. The molecule has 0 bridgehead atoms. The molecule has 1 aliphatic rings. The van der Waals surface area contributed by atoms with Crippen LogP contribution in [0.5, 0.6) is 0 Å². The van der Waals surface area contributed by atoms with E-state index in [9.17, 15) is 4.79 Å². The van der Waals surface area contributed by atoms with Crippen molar-refractivity contribution in [1.82, 2.24) is 4.90 Å². The van der Waals surface area contributed by atoms with Gasteiger partial charge in [0, 0.05) is 25.0 Å². The van der Waals surface area contributed by atoms with Gasteiger partial charge in [0.2, 0.25) is 0 Å². The molecule has 0 saturated heterocycles. The van der Waals surface area contributed by atoms with Gasteiger partial charge >= 0.3 is 49.4 Å². The van der Waals surface area contributed by atoms with Crippen LogP contribution in [0.2, 0.25) is 0 Å². The Bertz CT molecular complexity index is 249. The number of hydrogen-bond donors (Lipinski definition) is 0. The van der Waals surface area contributed by atoms with Crippen molar-refractivity contribution in [2.24, 2.45) is 5.92 Å². The molecule has 0 spiro atoms. The Labute approximate surface area is 141 Å². The summed E-state index contributed by atoms with van der Waals surface area (Å²) in [7, 11) is 0.628. The quantitative estimate of drug-likeness (QED) is 0.308. The topological polar surface area (TPSA) is 20.3 Å². The van der Waals surface area contributed by atoms with Crippen molar-refractivity contribution in [3.05, 3.63) is 12.2 Å². The van der Waals surface area contributed by atoms with Gasteiger partial charge in [-0.1, -0.05) is 26.0 Å². The van der Waals surface area contributed by atoms with Gasteiger partial charge in [-0.2, -0.15) is 0 Å². The van der Waals surface area contributed by atoms with Crippen LogP contribution < -0.4 is 0 Å². The molecule has 0 aliphatic carbocycles. The van der Waals surface area contributed by atoms with Crippen LogP contribution >= 0.6 is 40.0 Å². The molecule has 1 heterocycles. The molecule has 2 atom stereocenters. The van der Waals surface area contributed by atoms with Crippen molar-refractivity contribution in [2.45, 2.75) is 52.1 Å². The number of hydrogen-bond acceptors (Lipinski definition) is 2. The molecule has 105 valence electrons. The van der Waals surface area contributed by atoms with E-state index < -0.39 is 0 Å². The average molecular weight is 514 g/mol. The first kappa shape index (κ1) is 19.4. The van der Waals surface area contributed by atoms with Crippen molar-refractivity contribution in [2.75, 3.05) is 6.54 Å². The number of carbonyl (C=O) groups is 1. The van der Waals surface area contributed by atoms with Crippen molar-refractivity contribution in [1.29, 1.82) is 0 Å². The molecule has 2 nitrogen and oxygen atoms in total. The molecule has 0 aromatic carbocycles. The molecule has 2 unspecified atom stereocenters. The fourth-order valence-electron chi connectivity index (χ4n) is 2.43. The Balaban J connectivity index is 0.000000873. The summed E-state index contributed by atoms with van der Waals surface area (Å²) in [5, 5.41) is 0. The van der Waals surface area contributed by atoms with E-state index in [1.54, 1.807) is 0 Å². The van der Waals surface area contributed by atoms with Crippen LogP contribution in [0.25, 0.3) is 0 Å². The van der Waals surface area contributed by atoms with Crippen LogP contribution in [0.1, 0.15) is 40.0 Å². The van der Waals surface area contributed by atoms with E-state index in [2.05, 4.69) is 77.8 Å². The summed E-state index contributed by atoms with van der Waals surface area (Å²) in [6.45, 7) is 7.79. The molecule has 0 aromatic heterocycles. The first-order valence-electron chi connectivity index (χ1n) is 6.33. The number of rotatable bonds is 5. The third-order valence-corrected chi connectivity index (χ3v) is 3.11. The fourth-order valence-corrected chi connectivity index (χ4v) is 2.43. The van der Waals surface area contributed by atoms with Gasteiger partial charge in [0.15, 0.2) is 0 Å². The predicted octanol–water partition coefficient (Wildman–Crippen LogP) is 4.41. The van der Waals surface area contributed by atoms with Crippen LogP contribution in [-0.4, -0.2) is 29.8 Å². The van der Waals surface area contributed by atoms with Gasteiger partial charge < -0.3 is 4.79 Å². The Morgan fingerprint density at radius 2 is 2.00 bits per heavy atom. The molecular weight excluding hydrogens is 491 g/mol. The predicted molar refractivity (Wildman–Crippen MR) is 91.9 cm³/mol. The van der Waals surface area contributed by atoms with Gasteiger partial charge in [-0.05, 0) is 25.7 Å². The third kappa shape index (κ3) is 8.56. The summed E-state index contributed by atoms with van der Waals surface area (Å²) >= 11 is 4.74. The van der Waals surface area contributed by atoms with E-state index in [4.69, 9.17) is 0 Å². The molecule has 1 rings (SSSR count). The summed E-state index contributed by atoms with van der Waals surface area (Å²) in [5.74, 6) is 0.725. The maximum absolute atomic E-state index is 10.6. The van der Waals surface area contributed by atoms with E-state index in [1.165, 1.54) is 6.42 Å². The van der Waals surface area contributed by atoms with Crippen molar-refractivity contribution < 1.29 is 14.3 Å². The summed E-state index contributed by atoms with van der Waals surface area (Å²) in [4.78, 5) is 13.1. The van der Waals surface area contributed by atoms with Gasteiger partial charge in [-0.25, -0.2) is 0 Å². The minimum absolute atomic E-state index is 0.432. The normalized spacial score (nSPS) is 21.1. The van der Waals surface area contributed by atoms with E-state index in [0.29, 0.717) is 28.0 Å². The molecule has 0 fully saturated rings. The number of nitrogens with zero attached hydrogens (tertiary/aromatic N) is 1. The third-order valence-electron chi connectivity index (χ3n) is 3.11. The van der Waals surface area contributed by atoms with E-state index >= 15 is 0 Å². The zero-order chi connectivity index (χ0) is 14.0. The Morgan fingerprint density at radius 1 is 1.39 bits per heavy atom. The number of carbonyl (C=O) groups excluding carboxylic acids is 1. The second-order valence-corrected chi connectivity index (χ2v) is 16.8. The molecular formula is C13H23I2NOV. The van der Waals surface area contributed by atoms with Gasteiger partial charge in [-0.3, -0.25) is 4.90 Å². The van der Waals surface area contributed by atoms with Crippen molar-refractivity contribution in [3.8, 4) is 0 Å². The zero-order valence-electron chi connectivity index (χ0n) is 11.4. The van der Waals surface area contributed by atoms with Crippen LogP contribution in [0.15, 0.2) is 12.2 Å².